The molecule has 0 radical (unpaired) electrons. The van der Waals surface area contributed by atoms with Gasteiger partial charge in [0.2, 0.25) is 11.8 Å². The molecule has 1 aliphatic rings. The third-order valence-corrected chi connectivity index (χ3v) is 3.97. The van der Waals surface area contributed by atoms with Crippen molar-refractivity contribution in [2.75, 3.05) is 23.9 Å². The molecule has 6 heteroatoms. The summed E-state index contributed by atoms with van der Waals surface area (Å²) in [5.41, 5.74) is 1.11. The van der Waals surface area contributed by atoms with Gasteiger partial charge in [0.05, 0.1) is 13.0 Å². The molecule has 124 valence electrons. The highest BCUT2D eigenvalue weighted by molar-refractivity contribution is 6.03. The molecule has 0 aliphatic carbocycles. The number of rotatable bonds is 4. The van der Waals surface area contributed by atoms with Gasteiger partial charge in [-0.3, -0.25) is 9.59 Å². The molecule has 0 aromatic heterocycles. The van der Waals surface area contributed by atoms with Crippen LogP contribution in [0.1, 0.15) is 6.42 Å². The first-order valence-corrected chi connectivity index (χ1v) is 7.57. The zero-order valence-corrected chi connectivity index (χ0v) is 13.2. The third-order valence-electron chi connectivity index (χ3n) is 3.97. The van der Waals surface area contributed by atoms with Gasteiger partial charge in [-0.2, -0.15) is 0 Å². The number of hydrogen-bond acceptors (Lipinski definition) is 3. The Kier molecular flexibility index (Phi) is 4.46. The van der Waals surface area contributed by atoms with Crippen LogP contribution in [0.25, 0.3) is 0 Å². The van der Waals surface area contributed by atoms with Crippen molar-refractivity contribution < 1.29 is 18.7 Å². The van der Waals surface area contributed by atoms with Crippen molar-refractivity contribution in [3.05, 3.63) is 54.3 Å². The predicted molar refractivity (Wildman–Crippen MR) is 88.5 cm³/mol. The monoisotopic (exact) mass is 328 g/mol. The largest absolute Gasteiger partial charge is 0.497 e. The molecule has 24 heavy (non-hydrogen) atoms. The average molecular weight is 328 g/mol. The third kappa shape index (κ3) is 3.37. The minimum atomic E-state index is -0.470. The number of carbonyl (C=O) groups excluding carboxylic acids is 2. The summed E-state index contributed by atoms with van der Waals surface area (Å²) in [6.45, 7) is 0.298. The minimum absolute atomic E-state index is 0.112. The van der Waals surface area contributed by atoms with Crippen LogP contribution in [-0.2, 0) is 9.59 Å². The summed E-state index contributed by atoms with van der Waals surface area (Å²) in [6, 6.07) is 12.8. The highest BCUT2D eigenvalue weighted by Crippen LogP contribution is 2.27. The maximum atomic E-state index is 13.2. The van der Waals surface area contributed by atoms with Gasteiger partial charge in [0, 0.05) is 24.3 Å². The Hall–Kier alpha value is -2.89. The number of anilines is 2. The quantitative estimate of drug-likeness (QED) is 0.939. The van der Waals surface area contributed by atoms with Crippen molar-refractivity contribution in [3.63, 3.8) is 0 Å². The van der Waals surface area contributed by atoms with Gasteiger partial charge in [-0.25, -0.2) is 4.39 Å². The Morgan fingerprint density at radius 1 is 1.25 bits per heavy atom. The summed E-state index contributed by atoms with van der Waals surface area (Å²) < 4.78 is 18.3. The van der Waals surface area contributed by atoms with Gasteiger partial charge in [-0.1, -0.05) is 6.07 Å². The molecule has 0 unspecified atom stereocenters. The number of benzene rings is 2. The topological polar surface area (TPSA) is 58.6 Å². The van der Waals surface area contributed by atoms with E-state index in [4.69, 9.17) is 4.74 Å². The summed E-state index contributed by atoms with van der Waals surface area (Å²) >= 11 is 0. The molecule has 2 aromatic rings. The van der Waals surface area contributed by atoms with Gasteiger partial charge >= 0.3 is 0 Å². The number of methoxy groups -OCH3 is 1. The molecular weight excluding hydrogens is 311 g/mol. The molecule has 1 fully saturated rings. The Balaban J connectivity index is 1.68. The lowest BCUT2D eigenvalue weighted by Gasteiger charge is -2.17. The van der Waals surface area contributed by atoms with E-state index in [0.29, 0.717) is 18.0 Å². The molecule has 1 aliphatic heterocycles. The number of amides is 2. The smallest absolute Gasteiger partial charge is 0.229 e. The molecule has 1 atom stereocenters. The van der Waals surface area contributed by atoms with Gasteiger partial charge in [0.25, 0.3) is 0 Å². The molecule has 0 spiro atoms. The summed E-state index contributed by atoms with van der Waals surface area (Å²) in [4.78, 5) is 26.1. The molecule has 0 saturated carbocycles. The molecular formula is C18H17FN2O3. The number of hydrogen-bond donors (Lipinski definition) is 1. The van der Waals surface area contributed by atoms with Crippen molar-refractivity contribution in [1.29, 1.82) is 0 Å². The van der Waals surface area contributed by atoms with E-state index in [1.54, 1.807) is 42.3 Å². The van der Waals surface area contributed by atoms with Crippen molar-refractivity contribution in [3.8, 4) is 5.75 Å². The van der Waals surface area contributed by atoms with Crippen LogP contribution < -0.4 is 15.0 Å². The Labute approximate surface area is 139 Å². The minimum Gasteiger partial charge on any atom is -0.497 e. The van der Waals surface area contributed by atoms with Crippen LogP contribution in [-0.4, -0.2) is 25.5 Å². The Morgan fingerprint density at radius 2 is 2.00 bits per heavy atom. The maximum absolute atomic E-state index is 13.2. The maximum Gasteiger partial charge on any atom is 0.229 e. The summed E-state index contributed by atoms with van der Waals surface area (Å²) in [5.74, 6) is -0.589. The standard InChI is InChI=1S/C18H17FN2O3/c1-24-16-7-5-15(6-8-16)21-11-12(9-17(21)22)18(23)20-14-4-2-3-13(19)10-14/h2-8,10,12H,9,11H2,1H3,(H,20,23)/t12-/m0/s1. The fourth-order valence-electron chi connectivity index (χ4n) is 2.71. The summed E-state index contributed by atoms with van der Waals surface area (Å²) in [6.07, 6.45) is 0.132. The molecule has 1 saturated heterocycles. The molecule has 2 aromatic carbocycles. The van der Waals surface area contributed by atoms with Crippen LogP contribution in [0, 0.1) is 11.7 Å². The number of nitrogens with one attached hydrogen (secondary N) is 1. The first kappa shape index (κ1) is 16.0. The van der Waals surface area contributed by atoms with Crippen LogP contribution in [0.15, 0.2) is 48.5 Å². The zero-order chi connectivity index (χ0) is 17.1. The highest BCUT2D eigenvalue weighted by atomic mass is 19.1. The second-order valence-electron chi connectivity index (χ2n) is 5.60. The van der Waals surface area contributed by atoms with E-state index >= 15 is 0 Å². The summed E-state index contributed by atoms with van der Waals surface area (Å²) in [5, 5.41) is 2.66. The molecule has 0 bridgehead atoms. The van der Waals surface area contributed by atoms with Crippen LogP contribution in [0.2, 0.25) is 0 Å². The van der Waals surface area contributed by atoms with Gasteiger partial charge < -0.3 is 15.0 Å². The second-order valence-corrected chi connectivity index (χ2v) is 5.60. The van der Waals surface area contributed by atoms with Crippen molar-refractivity contribution >= 4 is 23.2 Å². The molecule has 1 N–H and O–H groups in total. The van der Waals surface area contributed by atoms with Gasteiger partial charge in [0.15, 0.2) is 0 Å². The van der Waals surface area contributed by atoms with Crippen LogP contribution >= 0.6 is 0 Å². The van der Waals surface area contributed by atoms with E-state index in [1.165, 1.54) is 18.2 Å². The Morgan fingerprint density at radius 3 is 2.67 bits per heavy atom. The number of halogens is 1. The Bertz CT molecular complexity index is 761. The number of nitrogens with zero attached hydrogens (tertiary/aromatic N) is 1. The highest BCUT2D eigenvalue weighted by Gasteiger charge is 2.35. The summed E-state index contributed by atoms with van der Waals surface area (Å²) in [7, 11) is 1.57. The van der Waals surface area contributed by atoms with E-state index < -0.39 is 11.7 Å². The molecule has 1 heterocycles. The van der Waals surface area contributed by atoms with E-state index in [1.807, 2.05) is 0 Å². The fraction of sp³-hybridized carbons (Fsp3) is 0.222. The number of ether oxygens (including phenoxy) is 1. The normalized spacial score (nSPS) is 17.0. The van der Waals surface area contributed by atoms with Crippen molar-refractivity contribution in [2.45, 2.75) is 6.42 Å². The van der Waals surface area contributed by atoms with Crippen LogP contribution in [0.3, 0.4) is 0 Å². The van der Waals surface area contributed by atoms with Gasteiger partial charge in [0.1, 0.15) is 11.6 Å². The lowest BCUT2D eigenvalue weighted by molar-refractivity contribution is -0.122. The molecule has 2 amide bonds. The molecule has 3 rings (SSSR count). The first-order chi connectivity index (χ1) is 11.6. The zero-order valence-electron chi connectivity index (χ0n) is 13.2. The van der Waals surface area contributed by atoms with Crippen LogP contribution in [0.5, 0.6) is 5.75 Å². The van der Waals surface area contributed by atoms with Gasteiger partial charge in [-0.05, 0) is 42.5 Å². The van der Waals surface area contributed by atoms with E-state index in [9.17, 15) is 14.0 Å². The van der Waals surface area contributed by atoms with Crippen LogP contribution in [0.4, 0.5) is 15.8 Å². The average Bonchev–Trinajstić information content (AvgIpc) is 2.97. The predicted octanol–water partition coefficient (Wildman–Crippen LogP) is 2.83. The lowest BCUT2D eigenvalue weighted by Crippen LogP contribution is -2.28. The molecule has 5 nitrogen and oxygen atoms in total. The SMILES string of the molecule is COc1ccc(N2C[C@@H](C(=O)Nc3cccc(F)c3)CC2=O)cc1. The number of carbonyl (C=O) groups is 2. The van der Waals surface area contributed by atoms with Gasteiger partial charge in [-0.15, -0.1) is 0 Å². The first-order valence-electron chi connectivity index (χ1n) is 7.57. The second kappa shape index (κ2) is 6.70. The van der Waals surface area contributed by atoms with Crippen molar-refractivity contribution in [1.82, 2.24) is 0 Å². The fourth-order valence-corrected chi connectivity index (χ4v) is 2.71. The van der Waals surface area contributed by atoms with E-state index in [0.717, 1.165) is 5.69 Å². The lowest BCUT2D eigenvalue weighted by atomic mass is 10.1. The van der Waals surface area contributed by atoms with E-state index in [-0.39, 0.29) is 18.2 Å². The van der Waals surface area contributed by atoms with E-state index in [2.05, 4.69) is 5.32 Å². The van der Waals surface area contributed by atoms with Crippen molar-refractivity contribution in [2.24, 2.45) is 5.92 Å².